The third-order valence-electron chi connectivity index (χ3n) is 6.95. The first-order valence-corrected chi connectivity index (χ1v) is 12.0. The van der Waals surface area contributed by atoms with Gasteiger partial charge >= 0.3 is 0 Å². The molecule has 5 aromatic rings. The lowest BCUT2D eigenvalue weighted by Crippen LogP contribution is -2.34. The number of halogens is 1. The minimum absolute atomic E-state index is 0.147. The molecule has 3 aromatic carbocycles. The van der Waals surface area contributed by atoms with Gasteiger partial charge < -0.3 is 19.4 Å². The number of nitrogens with zero attached hydrogens (tertiary/aromatic N) is 5. The zero-order valence-corrected chi connectivity index (χ0v) is 19.6. The van der Waals surface area contributed by atoms with E-state index >= 15 is 0 Å². The molecule has 0 saturated carbocycles. The first-order valence-electron chi connectivity index (χ1n) is 12.0. The summed E-state index contributed by atoms with van der Waals surface area (Å²) in [6.45, 7) is 1.18. The summed E-state index contributed by atoms with van der Waals surface area (Å²) >= 11 is 0. The van der Waals surface area contributed by atoms with E-state index < -0.39 is 6.04 Å². The SMILES string of the molecule is O=c1[nH]c2cc3c(cc2cc1C(c1nnnn1Cc1ccc(F)cc1)N1CCc2ccccc21)OCO3. The summed E-state index contributed by atoms with van der Waals surface area (Å²) in [5, 5.41) is 13.4. The van der Waals surface area contributed by atoms with Crippen LogP contribution in [0.4, 0.5) is 10.1 Å². The number of nitrogens with one attached hydrogen (secondary N) is 1. The number of ether oxygens (including phenoxy) is 2. The largest absolute Gasteiger partial charge is 0.454 e. The van der Waals surface area contributed by atoms with E-state index in [0.29, 0.717) is 41.5 Å². The predicted octanol–water partition coefficient (Wildman–Crippen LogP) is 3.58. The van der Waals surface area contributed by atoms with Gasteiger partial charge in [0.15, 0.2) is 17.3 Å². The first-order chi connectivity index (χ1) is 18.1. The molecule has 0 amide bonds. The second-order valence-corrected chi connectivity index (χ2v) is 9.14. The zero-order valence-electron chi connectivity index (χ0n) is 19.6. The Kier molecular flexibility index (Phi) is 4.91. The van der Waals surface area contributed by atoms with Crippen LogP contribution in [-0.2, 0) is 13.0 Å². The number of H-pyrrole nitrogens is 1. The van der Waals surface area contributed by atoms with Crippen molar-refractivity contribution in [2.24, 2.45) is 0 Å². The number of hydrogen-bond donors (Lipinski definition) is 1. The van der Waals surface area contributed by atoms with Crippen LogP contribution in [0.15, 0.2) is 71.5 Å². The highest BCUT2D eigenvalue weighted by Crippen LogP contribution is 2.39. The van der Waals surface area contributed by atoms with Crippen molar-refractivity contribution in [3.8, 4) is 11.5 Å². The van der Waals surface area contributed by atoms with E-state index in [9.17, 15) is 9.18 Å². The summed E-state index contributed by atoms with van der Waals surface area (Å²) in [5.41, 5.74) is 4.01. The number of aromatic amines is 1. The highest BCUT2D eigenvalue weighted by molar-refractivity contribution is 5.83. The Morgan fingerprint density at radius 1 is 1.03 bits per heavy atom. The summed E-state index contributed by atoms with van der Waals surface area (Å²) in [6.07, 6.45) is 0.844. The average Bonchev–Trinajstić information content (AvgIpc) is 3.65. The minimum atomic E-state index is -0.558. The van der Waals surface area contributed by atoms with Crippen LogP contribution in [-0.4, -0.2) is 38.5 Å². The number of tetrazole rings is 1. The van der Waals surface area contributed by atoms with Gasteiger partial charge in [-0.25, -0.2) is 9.07 Å². The number of hydrogen-bond acceptors (Lipinski definition) is 7. The number of anilines is 1. The molecule has 184 valence electrons. The Morgan fingerprint density at radius 2 is 1.84 bits per heavy atom. The van der Waals surface area contributed by atoms with Gasteiger partial charge in [0, 0.05) is 29.2 Å². The topological polar surface area (TPSA) is 98.2 Å². The van der Waals surface area contributed by atoms with Crippen molar-refractivity contribution in [3.63, 3.8) is 0 Å². The van der Waals surface area contributed by atoms with Crippen LogP contribution >= 0.6 is 0 Å². The smallest absolute Gasteiger partial charge is 0.254 e. The predicted molar refractivity (Wildman–Crippen MR) is 133 cm³/mol. The normalized spacial score (nSPS) is 14.8. The number of para-hydroxylation sites is 1. The van der Waals surface area contributed by atoms with E-state index in [0.717, 1.165) is 23.1 Å². The molecule has 2 aromatic heterocycles. The van der Waals surface area contributed by atoms with Crippen LogP contribution < -0.4 is 19.9 Å². The Balaban J connectivity index is 1.39. The van der Waals surface area contributed by atoms with Gasteiger partial charge in [-0.05, 0) is 58.3 Å². The van der Waals surface area contributed by atoms with Crippen LogP contribution in [0.2, 0.25) is 0 Å². The Labute approximate surface area is 210 Å². The molecule has 7 rings (SSSR count). The van der Waals surface area contributed by atoms with E-state index in [1.54, 1.807) is 22.9 Å². The number of rotatable bonds is 5. The highest BCUT2D eigenvalue weighted by Gasteiger charge is 2.34. The minimum Gasteiger partial charge on any atom is -0.454 e. The maximum absolute atomic E-state index is 13.6. The summed E-state index contributed by atoms with van der Waals surface area (Å²) in [5.74, 6) is 1.45. The van der Waals surface area contributed by atoms with Crippen molar-refractivity contribution >= 4 is 16.6 Å². The lowest BCUT2D eigenvalue weighted by atomic mass is 10.0. The van der Waals surface area contributed by atoms with E-state index in [2.05, 4.69) is 37.5 Å². The summed E-state index contributed by atoms with van der Waals surface area (Å²) in [7, 11) is 0. The van der Waals surface area contributed by atoms with Crippen LogP contribution in [0.1, 0.15) is 28.6 Å². The van der Waals surface area contributed by atoms with Gasteiger partial charge in [-0.2, -0.15) is 0 Å². The number of benzene rings is 3. The van der Waals surface area contributed by atoms with Crippen LogP contribution in [0.5, 0.6) is 11.5 Å². The monoisotopic (exact) mass is 496 g/mol. The second-order valence-electron chi connectivity index (χ2n) is 9.14. The summed E-state index contributed by atoms with van der Waals surface area (Å²) < 4.78 is 26.2. The van der Waals surface area contributed by atoms with Crippen LogP contribution in [0.25, 0.3) is 10.9 Å². The molecule has 0 fully saturated rings. The lowest BCUT2D eigenvalue weighted by Gasteiger charge is -2.29. The average molecular weight is 497 g/mol. The standard InChI is InChI=1S/C27H21FN6O3/c28-19-7-5-16(6-8-19)14-34-26(30-31-32-34)25(33-10-9-17-3-1-2-4-22(17)33)20-11-18-12-23-24(37-15-36-23)13-21(18)29-27(20)35/h1-8,11-13,25H,9-10,14-15H2,(H,29,35). The lowest BCUT2D eigenvalue weighted by molar-refractivity contribution is 0.174. The number of pyridine rings is 1. The van der Waals surface area contributed by atoms with E-state index in [1.807, 2.05) is 24.3 Å². The summed E-state index contributed by atoms with van der Waals surface area (Å²) in [4.78, 5) is 18.8. The quantitative estimate of drug-likeness (QED) is 0.397. The van der Waals surface area contributed by atoms with E-state index in [1.165, 1.54) is 17.7 Å². The molecule has 0 radical (unpaired) electrons. The molecule has 1 atom stereocenters. The van der Waals surface area contributed by atoms with Crippen LogP contribution in [0, 0.1) is 5.82 Å². The molecule has 9 nitrogen and oxygen atoms in total. The van der Waals surface area contributed by atoms with Crippen molar-refractivity contribution in [2.45, 2.75) is 19.0 Å². The molecule has 37 heavy (non-hydrogen) atoms. The van der Waals surface area contributed by atoms with Crippen LogP contribution in [0.3, 0.4) is 0 Å². The first kappa shape index (κ1) is 21.5. The van der Waals surface area contributed by atoms with Gasteiger partial charge in [-0.15, -0.1) is 5.10 Å². The number of fused-ring (bicyclic) bond motifs is 3. The third kappa shape index (κ3) is 3.68. The van der Waals surface area contributed by atoms with Crippen molar-refractivity contribution in [1.82, 2.24) is 25.2 Å². The summed E-state index contributed by atoms with van der Waals surface area (Å²) in [6, 6.07) is 19.3. The molecular weight excluding hydrogens is 475 g/mol. The third-order valence-corrected chi connectivity index (χ3v) is 6.95. The maximum atomic E-state index is 13.6. The molecule has 0 spiro atoms. The molecule has 1 N–H and O–H groups in total. The van der Waals surface area contributed by atoms with Crippen molar-refractivity contribution in [3.05, 3.63) is 105 Å². The molecule has 1 unspecified atom stereocenters. The zero-order chi connectivity index (χ0) is 24.9. The fourth-order valence-electron chi connectivity index (χ4n) is 5.18. The Bertz CT molecular complexity index is 1700. The second kappa shape index (κ2) is 8.44. The van der Waals surface area contributed by atoms with Gasteiger partial charge in [-0.3, -0.25) is 4.79 Å². The molecule has 4 heterocycles. The van der Waals surface area contributed by atoms with Crippen molar-refractivity contribution in [1.29, 1.82) is 0 Å². The maximum Gasteiger partial charge on any atom is 0.254 e. The molecule has 10 heteroatoms. The van der Waals surface area contributed by atoms with Gasteiger partial charge in [0.25, 0.3) is 5.56 Å². The van der Waals surface area contributed by atoms with E-state index in [4.69, 9.17) is 9.47 Å². The van der Waals surface area contributed by atoms with Gasteiger partial charge in [0.05, 0.1) is 12.1 Å². The van der Waals surface area contributed by atoms with E-state index in [-0.39, 0.29) is 18.2 Å². The molecule has 2 aliphatic heterocycles. The van der Waals surface area contributed by atoms with Crippen molar-refractivity contribution < 1.29 is 13.9 Å². The van der Waals surface area contributed by atoms with Crippen molar-refractivity contribution in [2.75, 3.05) is 18.2 Å². The molecule has 0 bridgehead atoms. The molecule has 0 saturated heterocycles. The number of aromatic nitrogens is 5. The van der Waals surface area contributed by atoms with Gasteiger partial charge in [-0.1, -0.05) is 30.3 Å². The van der Waals surface area contributed by atoms with Gasteiger partial charge in [0.2, 0.25) is 6.79 Å². The molecular formula is C27H21FN6O3. The Morgan fingerprint density at radius 3 is 2.70 bits per heavy atom. The fraction of sp³-hybridized carbons (Fsp3) is 0.185. The highest BCUT2D eigenvalue weighted by atomic mass is 19.1. The van der Waals surface area contributed by atoms with Gasteiger partial charge in [0.1, 0.15) is 11.9 Å². The molecule has 2 aliphatic rings. The fourth-order valence-corrected chi connectivity index (χ4v) is 5.18. The Hall–Kier alpha value is -4.73. The molecule has 0 aliphatic carbocycles.